The van der Waals surface area contributed by atoms with Crippen molar-refractivity contribution in [1.29, 1.82) is 0 Å². The van der Waals surface area contributed by atoms with Crippen LogP contribution in [0.4, 0.5) is 0 Å². The fraction of sp³-hybridized carbons (Fsp3) is 0.267. The molecule has 0 aliphatic heterocycles. The smallest absolute Gasteiger partial charge is 0.182 e. The van der Waals surface area contributed by atoms with E-state index in [4.69, 9.17) is 11.6 Å². The lowest BCUT2D eigenvalue weighted by atomic mass is 10.2. The van der Waals surface area contributed by atoms with Crippen LogP contribution < -0.4 is 0 Å². The van der Waals surface area contributed by atoms with Crippen LogP contribution in [0, 0.1) is 0 Å². The van der Waals surface area contributed by atoms with Gasteiger partial charge < -0.3 is 0 Å². The Kier molecular flexibility index (Phi) is 5.49. The molecule has 0 spiro atoms. The molecule has 0 unspecified atom stereocenters. The monoisotopic (exact) mass is 310 g/mol. The lowest BCUT2D eigenvalue weighted by molar-refractivity contribution is 0.102. The lowest BCUT2D eigenvalue weighted by Crippen LogP contribution is -1.99. The van der Waals surface area contributed by atoms with E-state index in [-0.39, 0.29) is 5.78 Å². The number of thiophene rings is 1. The first-order chi connectivity index (χ1) is 9.19. The second-order valence-electron chi connectivity index (χ2n) is 4.16. The van der Waals surface area contributed by atoms with E-state index in [1.165, 1.54) is 10.4 Å². The normalized spacial score (nSPS) is 10.6. The number of rotatable bonds is 6. The van der Waals surface area contributed by atoms with Gasteiger partial charge in [0.05, 0.1) is 10.6 Å². The number of ketones is 1. The fourth-order valence-electron chi connectivity index (χ4n) is 1.63. The van der Waals surface area contributed by atoms with Gasteiger partial charge in [-0.25, -0.2) is 0 Å². The molecule has 1 aromatic carbocycles. The summed E-state index contributed by atoms with van der Waals surface area (Å²) in [5.74, 6) is 1.60. The minimum Gasteiger partial charge on any atom is -0.292 e. The van der Waals surface area contributed by atoms with Crippen LogP contribution in [-0.4, -0.2) is 11.5 Å². The third kappa shape index (κ3) is 4.37. The second kappa shape index (κ2) is 7.13. The van der Waals surface area contributed by atoms with Gasteiger partial charge in [-0.2, -0.15) is 0 Å². The maximum absolute atomic E-state index is 12.0. The van der Waals surface area contributed by atoms with Crippen molar-refractivity contribution in [2.45, 2.75) is 19.1 Å². The van der Waals surface area contributed by atoms with Gasteiger partial charge in [0, 0.05) is 15.7 Å². The third-order valence-corrected chi connectivity index (χ3v) is 5.23. The quantitative estimate of drug-likeness (QED) is 0.692. The van der Waals surface area contributed by atoms with Gasteiger partial charge in [-0.05, 0) is 36.2 Å². The molecule has 0 amide bonds. The molecule has 0 saturated heterocycles. The molecule has 1 aromatic heterocycles. The number of benzene rings is 1. The molecule has 0 aliphatic carbocycles. The third-order valence-electron chi connectivity index (χ3n) is 2.70. The molecule has 19 heavy (non-hydrogen) atoms. The number of Topliss-reactive ketones (excluding diaryl/α,β-unsaturated/α-hetero) is 1. The summed E-state index contributed by atoms with van der Waals surface area (Å²) in [7, 11) is 0. The van der Waals surface area contributed by atoms with Crippen LogP contribution in [0.5, 0.6) is 0 Å². The van der Waals surface area contributed by atoms with Crippen molar-refractivity contribution >= 4 is 40.5 Å². The van der Waals surface area contributed by atoms with Crippen molar-refractivity contribution in [3.05, 3.63) is 56.7 Å². The summed E-state index contributed by atoms with van der Waals surface area (Å²) in [4.78, 5) is 14.1. The van der Waals surface area contributed by atoms with Crippen LogP contribution >= 0.6 is 34.7 Å². The Morgan fingerprint density at radius 1 is 1.21 bits per heavy atom. The highest BCUT2D eigenvalue weighted by molar-refractivity contribution is 7.99. The number of halogens is 1. The van der Waals surface area contributed by atoms with Crippen LogP contribution in [0.15, 0.2) is 36.4 Å². The zero-order valence-electron chi connectivity index (χ0n) is 10.7. The van der Waals surface area contributed by atoms with Gasteiger partial charge in [0.2, 0.25) is 0 Å². The number of carbonyl (C=O) groups excluding carboxylic acids is 1. The predicted molar refractivity (Wildman–Crippen MR) is 85.6 cm³/mol. The molecule has 1 nitrogen and oxygen atoms in total. The number of thioether (sulfide) groups is 1. The highest BCUT2D eigenvalue weighted by atomic mass is 35.5. The van der Waals surface area contributed by atoms with Crippen molar-refractivity contribution in [3.8, 4) is 0 Å². The Hall–Kier alpha value is -0.770. The first-order valence-electron chi connectivity index (χ1n) is 6.13. The van der Waals surface area contributed by atoms with E-state index in [0.717, 1.165) is 22.1 Å². The second-order valence-corrected chi connectivity index (χ2v) is 6.75. The molecule has 1 heterocycles. The van der Waals surface area contributed by atoms with Crippen LogP contribution in [0.3, 0.4) is 0 Å². The maximum Gasteiger partial charge on any atom is 0.182 e. The van der Waals surface area contributed by atoms with Crippen LogP contribution in [0.25, 0.3) is 0 Å². The van der Waals surface area contributed by atoms with Gasteiger partial charge in [-0.3, -0.25) is 4.79 Å². The van der Waals surface area contributed by atoms with Crippen molar-refractivity contribution in [2.75, 3.05) is 5.75 Å². The van der Waals surface area contributed by atoms with E-state index < -0.39 is 0 Å². The summed E-state index contributed by atoms with van der Waals surface area (Å²) >= 11 is 9.09. The summed E-state index contributed by atoms with van der Waals surface area (Å²) in [5, 5.41) is 0.746. The van der Waals surface area contributed by atoms with Gasteiger partial charge in [0.15, 0.2) is 5.78 Å². The summed E-state index contributed by atoms with van der Waals surface area (Å²) in [5.41, 5.74) is 1.20. The molecule has 0 aliphatic rings. The van der Waals surface area contributed by atoms with E-state index in [1.54, 1.807) is 23.1 Å². The highest BCUT2D eigenvalue weighted by Gasteiger charge is 2.08. The van der Waals surface area contributed by atoms with E-state index in [0.29, 0.717) is 5.75 Å². The molecule has 0 fully saturated rings. The average molecular weight is 311 g/mol. The molecule has 0 N–H and O–H groups in total. The zero-order chi connectivity index (χ0) is 13.7. The number of hydrogen-bond donors (Lipinski definition) is 0. The van der Waals surface area contributed by atoms with Gasteiger partial charge in [0.1, 0.15) is 0 Å². The van der Waals surface area contributed by atoms with Crippen molar-refractivity contribution in [2.24, 2.45) is 0 Å². The number of aryl methyl sites for hydroxylation is 1. The van der Waals surface area contributed by atoms with E-state index in [1.807, 2.05) is 36.4 Å². The standard InChI is InChI=1S/C15H15ClOS2/c1-2-13-7-8-15(19-13)14(17)10-18-9-11-3-5-12(16)6-4-11/h3-8H,2,9-10H2,1H3. The minimum atomic E-state index is 0.226. The van der Waals surface area contributed by atoms with Crippen LogP contribution in [-0.2, 0) is 12.2 Å². The minimum absolute atomic E-state index is 0.226. The molecule has 2 rings (SSSR count). The first-order valence-corrected chi connectivity index (χ1v) is 8.48. The Labute approximate surface area is 127 Å². The van der Waals surface area contributed by atoms with Crippen molar-refractivity contribution < 1.29 is 4.79 Å². The van der Waals surface area contributed by atoms with Crippen LogP contribution in [0.1, 0.15) is 27.0 Å². The Bertz CT molecular complexity index is 546. The molecule has 4 heteroatoms. The largest absolute Gasteiger partial charge is 0.292 e. The first kappa shape index (κ1) is 14.6. The predicted octanol–water partition coefficient (Wildman–Crippen LogP) is 5.08. The molecule has 2 aromatic rings. The number of hydrogen-bond acceptors (Lipinski definition) is 3. The summed E-state index contributed by atoms with van der Waals surface area (Å²) in [6, 6.07) is 11.7. The highest BCUT2D eigenvalue weighted by Crippen LogP contribution is 2.21. The molecule has 0 bridgehead atoms. The average Bonchev–Trinajstić information content (AvgIpc) is 2.90. The van der Waals surface area contributed by atoms with Gasteiger partial charge in [0.25, 0.3) is 0 Å². The van der Waals surface area contributed by atoms with Gasteiger partial charge >= 0.3 is 0 Å². The summed E-state index contributed by atoms with van der Waals surface area (Å²) in [6.45, 7) is 2.11. The molecule has 0 radical (unpaired) electrons. The van der Waals surface area contributed by atoms with Gasteiger partial charge in [-0.15, -0.1) is 23.1 Å². The summed E-state index contributed by atoms with van der Waals surface area (Å²) in [6.07, 6.45) is 0.996. The van der Waals surface area contributed by atoms with Gasteiger partial charge in [-0.1, -0.05) is 30.7 Å². The lowest BCUT2D eigenvalue weighted by Gasteiger charge is -2.01. The molecule has 0 atom stereocenters. The Balaban J connectivity index is 1.82. The van der Waals surface area contributed by atoms with E-state index in [9.17, 15) is 4.79 Å². The van der Waals surface area contributed by atoms with E-state index in [2.05, 4.69) is 6.92 Å². The molecule has 100 valence electrons. The SMILES string of the molecule is CCc1ccc(C(=O)CSCc2ccc(Cl)cc2)s1. The molecular weight excluding hydrogens is 296 g/mol. The van der Waals surface area contributed by atoms with Crippen molar-refractivity contribution in [1.82, 2.24) is 0 Å². The van der Waals surface area contributed by atoms with Crippen LogP contribution in [0.2, 0.25) is 5.02 Å². The zero-order valence-corrected chi connectivity index (χ0v) is 13.1. The number of carbonyl (C=O) groups is 1. The fourth-order valence-corrected chi connectivity index (χ4v) is 3.60. The topological polar surface area (TPSA) is 17.1 Å². The Morgan fingerprint density at radius 3 is 2.58 bits per heavy atom. The van der Waals surface area contributed by atoms with E-state index >= 15 is 0 Å². The molecular formula is C15H15ClOS2. The molecule has 0 saturated carbocycles. The summed E-state index contributed by atoms with van der Waals surface area (Å²) < 4.78 is 0. The Morgan fingerprint density at radius 2 is 1.95 bits per heavy atom. The maximum atomic E-state index is 12.0. The van der Waals surface area contributed by atoms with Crippen molar-refractivity contribution in [3.63, 3.8) is 0 Å².